The number of rotatable bonds is 11. The molecular formula is C27H31NO5S. The van der Waals surface area contributed by atoms with E-state index in [0.717, 1.165) is 11.1 Å². The van der Waals surface area contributed by atoms with E-state index in [4.69, 9.17) is 9.47 Å². The predicted octanol–water partition coefficient (Wildman–Crippen LogP) is 5.03. The molecule has 7 heteroatoms. The topological polar surface area (TPSA) is 72.9 Å². The molecule has 2 amide bonds. The maximum atomic E-state index is 13.3. The van der Waals surface area contributed by atoms with Gasteiger partial charge >= 0.3 is 6.09 Å². The summed E-state index contributed by atoms with van der Waals surface area (Å²) in [6.45, 7) is 4.44. The van der Waals surface area contributed by atoms with Crippen LogP contribution in [0.1, 0.15) is 31.4 Å². The Bertz CT molecular complexity index is 993. The molecule has 0 saturated carbocycles. The summed E-state index contributed by atoms with van der Waals surface area (Å²) in [7, 11) is 0. The third kappa shape index (κ3) is 7.05. The Balaban J connectivity index is 1.72. The first-order valence-corrected chi connectivity index (χ1v) is 12.5. The minimum absolute atomic E-state index is 0.00906. The van der Waals surface area contributed by atoms with E-state index in [9.17, 15) is 14.4 Å². The average Bonchev–Trinajstić information content (AvgIpc) is 3.20. The smallest absolute Gasteiger partial charge is 0.416 e. The highest BCUT2D eigenvalue weighted by Crippen LogP contribution is 2.26. The van der Waals surface area contributed by atoms with Gasteiger partial charge in [0.1, 0.15) is 6.61 Å². The van der Waals surface area contributed by atoms with Crippen LogP contribution in [0.5, 0.6) is 0 Å². The number of amides is 2. The Morgan fingerprint density at radius 1 is 1.12 bits per heavy atom. The van der Waals surface area contributed by atoms with Crippen LogP contribution in [0, 0.1) is 5.92 Å². The number of carbonyl (C=O) groups is 3. The fourth-order valence-corrected chi connectivity index (χ4v) is 4.71. The van der Waals surface area contributed by atoms with E-state index in [2.05, 4.69) is 0 Å². The molecule has 1 fully saturated rings. The molecule has 0 aromatic heterocycles. The van der Waals surface area contributed by atoms with Crippen molar-refractivity contribution >= 4 is 28.9 Å². The largest absolute Gasteiger partial charge is 0.447 e. The lowest BCUT2D eigenvalue weighted by molar-refractivity contribution is -0.130. The normalized spacial score (nSPS) is 16.9. The molecule has 2 aromatic carbocycles. The van der Waals surface area contributed by atoms with Gasteiger partial charge in [0.15, 0.2) is 0 Å². The van der Waals surface area contributed by atoms with Crippen molar-refractivity contribution in [3.05, 3.63) is 83.4 Å². The number of hydrogen-bond acceptors (Lipinski definition) is 6. The highest BCUT2D eigenvalue weighted by atomic mass is 32.2. The summed E-state index contributed by atoms with van der Waals surface area (Å²) in [5.74, 6) is -0.178. The molecule has 1 saturated heterocycles. The highest BCUT2D eigenvalue weighted by Gasteiger charge is 2.39. The first-order valence-electron chi connectivity index (χ1n) is 11.5. The molecule has 0 spiro atoms. The van der Waals surface area contributed by atoms with Crippen LogP contribution in [-0.2, 0) is 32.1 Å². The van der Waals surface area contributed by atoms with Crippen molar-refractivity contribution in [2.24, 2.45) is 5.92 Å². The fraction of sp³-hybridized carbons (Fsp3) is 0.370. The van der Waals surface area contributed by atoms with Crippen LogP contribution in [0.3, 0.4) is 0 Å². The molecule has 1 heterocycles. The van der Waals surface area contributed by atoms with Gasteiger partial charge in [-0.25, -0.2) is 9.69 Å². The van der Waals surface area contributed by atoms with Gasteiger partial charge in [0.25, 0.3) is 0 Å². The Hall–Kier alpha value is -2.90. The molecule has 0 N–H and O–H groups in total. The average molecular weight is 482 g/mol. The maximum absolute atomic E-state index is 13.3. The van der Waals surface area contributed by atoms with Gasteiger partial charge in [0, 0.05) is 17.9 Å². The molecular weight excluding hydrogens is 450 g/mol. The minimum Gasteiger partial charge on any atom is -0.447 e. The molecule has 3 rings (SSSR count). The highest BCUT2D eigenvalue weighted by molar-refractivity contribution is 8.14. The second-order valence-electron chi connectivity index (χ2n) is 8.05. The van der Waals surface area contributed by atoms with Gasteiger partial charge in [-0.2, -0.15) is 0 Å². The monoisotopic (exact) mass is 481 g/mol. The van der Waals surface area contributed by atoms with Crippen molar-refractivity contribution in [3.63, 3.8) is 0 Å². The van der Waals surface area contributed by atoms with E-state index in [1.807, 2.05) is 67.6 Å². The van der Waals surface area contributed by atoms with Crippen LogP contribution in [-0.4, -0.2) is 47.0 Å². The molecule has 180 valence electrons. The van der Waals surface area contributed by atoms with Gasteiger partial charge in [-0.1, -0.05) is 85.4 Å². The van der Waals surface area contributed by atoms with Crippen LogP contribution in [0.4, 0.5) is 4.79 Å². The number of hydrogen-bond donors (Lipinski definition) is 0. The Labute approximate surface area is 205 Å². The van der Waals surface area contributed by atoms with Crippen molar-refractivity contribution < 1.29 is 23.9 Å². The third-order valence-corrected chi connectivity index (χ3v) is 6.44. The van der Waals surface area contributed by atoms with Gasteiger partial charge in [-0.3, -0.25) is 9.59 Å². The molecule has 0 radical (unpaired) electrons. The summed E-state index contributed by atoms with van der Waals surface area (Å²) >= 11 is 1.21. The van der Waals surface area contributed by atoms with Gasteiger partial charge < -0.3 is 9.47 Å². The van der Waals surface area contributed by atoms with E-state index < -0.39 is 12.0 Å². The van der Waals surface area contributed by atoms with Crippen LogP contribution < -0.4 is 0 Å². The first kappa shape index (κ1) is 25.7. The van der Waals surface area contributed by atoms with Crippen molar-refractivity contribution in [2.45, 2.75) is 39.3 Å². The summed E-state index contributed by atoms with van der Waals surface area (Å²) in [6.07, 6.45) is 1.63. The van der Waals surface area contributed by atoms with Crippen molar-refractivity contribution in [1.82, 2.24) is 4.90 Å². The standard InChI is InChI=1S/C27H31NO5S/c1-3-24(26(30)34-4-2)22(18-32-17-21-13-9-6-10-14-21)16-25(29)28-23(19-33-27(28)31)15-20-11-7-5-8-12-20/h3,5-14,22-23H,4,15-19H2,1-2H3/b24-3-/t22-,23-/m1/s1. The zero-order chi connectivity index (χ0) is 24.3. The molecule has 2 aromatic rings. The van der Waals surface area contributed by atoms with Crippen LogP contribution in [0.15, 0.2) is 72.3 Å². The number of imide groups is 1. The lowest BCUT2D eigenvalue weighted by atomic mass is 9.95. The number of ether oxygens (including phenoxy) is 2. The van der Waals surface area contributed by atoms with E-state index in [1.54, 1.807) is 13.0 Å². The number of nitrogens with zero attached hydrogens (tertiary/aromatic N) is 1. The van der Waals surface area contributed by atoms with Crippen molar-refractivity contribution in [3.8, 4) is 0 Å². The molecule has 2 atom stereocenters. The second-order valence-corrected chi connectivity index (χ2v) is 9.29. The first-order chi connectivity index (χ1) is 16.5. The number of cyclic esters (lactones) is 1. The summed E-state index contributed by atoms with van der Waals surface area (Å²) in [5.41, 5.74) is 2.57. The zero-order valence-corrected chi connectivity index (χ0v) is 20.5. The summed E-state index contributed by atoms with van der Waals surface area (Å²) in [6, 6.07) is 19.1. The predicted molar refractivity (Wildman–Crippen MR) is 133 cm³/mol. The zero-order valence-electron chi connectivity index (χ0n) is 19.6. The Morgan fingerprint density at radius 3 is 2.38 bits per heavy atom. The minimum atomic E-state index is -0.633. The van der Waals surface area contributed by atoms with Crippen LogP contribution >= 0.6 is 11.8 Å². The molecule has 0 aliphatic carbocycles. The lowest BCUT2D eigenvalue weighted by Gasteiger charge is -2.24. The maximum Gasteiger partial charge on any atom is 0.416 e. The van der Waals surface area contributed by atoms with Gasteiger partial charge in [-0.05, 0) is 30.2 Å². The van der Waals surface area contributed by atoms with Gasteiger partial charge in [-0.15, -0.1) is 0 Å². The summed E-state index contributed by atoms with van der Waals surface area (Å²) < 4.78 is 11.1. The second kappa shape index (κ2) is 13.1. The van der Waals surface area contributed by atoms with Crippen LogP contribution in [0.2, 0.25) is 0 Å². The summed E-state index contributed by atoms with van der Waals surface area (Å²) in [4.78, 5) is 39.7. The lowest BCUT2D eigenvalue weighted by Crippen LogP contribution is -2.41. The molecule has 0 bridgehead atoms. The molecule has 0 unspecified atom stereocenters. The SMILES string of the molecule is C/C=C(\C(=O)SCC)[C@@H](COCc1ccccc1)CC(=O)N1C(=O)OC[C@H]1Cc1ccccc1. The number of thioether (sulfide) groups is 1. The van der Waals surface area contributed by atoms with E-state index in [0.29, 0.717) is 24.4 Å². The summed E-state index contributed by atoms with van der Waals surface area (Å²) in [5, 5.41) is -0.0732. The fourth-order valence-electron chi connectivity index (χ4n) is 4.00. The molecule has 6 nitrogen and oxygen atoms in total. The van der Waals surface area contributed by atoms with Crippen LogP contribution in [0.25, 0.3) is 0 Å². The van der Waals surface area contributed by atoms with Gasteiger partial charge in [0.05, 0.1) is 19.3 Å². The third-order valence-electron chi connectivity index (χ3n) is 5.66. The molecule has 1 aliphatic rings. The molecule has 34 heavy (non-hydrogen) atoms. The van der Waals surface area contributed by atoms with E-state index in [-0.39, 0.29) is 36.7 Å². The number of benzene rings is 2. The Kier molecular flexibility index (Phi) is 9.91. The van der Waals surface area contributed by atoms with E-state index >= 15 is 0 Å². The van der Waals surface area contributed by atoms with Crippen molar-refractivity contribution in [1.29, 1.82) is 0 Å². The number of allylic oxidation sites excluding steroid dienone is 1. The molecule has 1 aliphatic heterocycles. The quantitative estimate of drug-likeness (QED) is 0.420. The number of carbonyl (C=O) groups excluding carboxylic acids is 3. The Morgan fingerprint density at radius 2 is 1.76 bits per heavy atom. The van der Waals surface area contributed by atoms with E-state index in [1.165, 1.54) is 16.7 Å². The van der Waals surface area contributed by atoms with Gasteiger partial charge in [0.2, 0.25) is 11.0 Å². The van der Waals surface area contributed by atoms with Crippen molar-refractivity contribution in [2.75, 3.05) is 19.0 Å².